The van der Waals surface area contributed by atoms with Crippen molar-refractivity contribution in [1.82, 2.24) is 20.1 Å². The van der Waals surface area contributed by atoms with Crippen LogP contribution < -0.4 is 10.6 Å². The van der Waals surface area contributed by atoms with Gasteiger partial charge < -0.3 is 5.32 Å². The Bertz CT molecular complexity index is 566. The molecule has 0 aliphatic heterocycles. The Morgan fingerprint density at radius 2 is 2.05 bits per heavy atom. The molecule has 0 saturated heterocycles. The number of aryl methyl sites for hydroxylation is 1. The summed E-state index contributed by atoms with van der Waals surface area (Å²) < 4.78 is 1.81. The Morgan fingerprint density at radius 1 is 1.29 bits per heavy atom. The smallest absolute Gasteiger partial charge is 0.320 e. The number of amides is 2. The van der Waals surface area contributed by atoms with Crippen LogP contribution in [-0.2, 0) is 6.54 Å². The summed E-state index contributed by atoms with van der Waals surface area (Å²) in [5.74, 6) is 0.711. The minimum absolute atomic E-state index is 0.0833. The van der Waals surface area contributed by atoms with Crippen molar-refractivity contribution in [2.75, 3.05) is 5.32 Å². The van der Waals surface area contributed by atoms with Gasteiger partial charge in [-0.15, -0.1) is 0 Å². The first-order chi connectivity index (χ1) is 10.2. The minimum atomic E-state index is -0.238. The molecule has 2 aromatic rings. The van der Waals surface area contributed by atoms with Gasteiger partial charge in [0.25, 0.3) is 0 Å². The third-order valence-corrected chi connectivity index (χ3v) is 3.24. The average molecular weight is 287 g/mol. The maximum Gasteiger partial charge on any atom is 0.320 e. The topological polar surface area (TPSA) is 71.8 Å². The number of anilines is 1. The molecule has 2 heterocycles. The van der Waals surface area contributed by atoms with Crippen LogP contribution >= 0.6 is 0 Å². The number of carbonyl (C=O) groups is 1. The predicted octanol–water partition coefficient (Wildman–Crippen LogP) is 2.96. The fraction of sp³-hybridized carbons (Fsp3) is 0.400. The highest BCUT2D eigenvalue weighted by Crippen LogP contribution is 2.12. The second kappa shape index (κ2) is 7.42. The van der Waals surface area contributed by atoms with Crippen molar-refractivity contribution in [2.45, 2.75) is 39.3 Å². The number of aromatic nitrogens is 3. The Labute approximate surface area is 124 Å². The second-order valence-electron chi connectivity index (χ2n) is 4.89. The van der Waals surface area contributed by atoms with Crippen molar-refractivity contribution >= 4 is 11.8 Å². The molecule has 6 nitrogen and oxygen atoms in total. The van der Waals surface area contributed by atoms with E-state index in [-0.39, 0.29) is 12.1 Å². The highest BCUT2D eigenvalue weighted by molar-refractivity contribution is 5.88. The molecule has 2 N–H and O–H groups in total. The Balaban J connectivity index is 1.91. The summed E-state index contributed by atoms with van der Waals surface area (Å²) in [5, 5.41) is 9.94. The molecule has 0 aliphatic rings. The molecule has 112 valence electrons. The predicted molar refractivity (Wildman–Crippen MR) is 81.9 cm³/mol. The SMILES string of the molecule is CCCCn1nccc1NC(=O)N[C@@H](C)c1ccncc1. The van der Waals surface area contributed by atoms with Gasteiger partial charge in [0.05, 0.1) is 12.2 Å². The number of urea groups is 1. The summed E-state index contributed by atoms with van der Waals surface area (Å²) in [7, 11) is 0. The van der Waals surface area contributed by atoms with E-state index in [0.29, 0.717) is 5.82 Å². The first-order valence-electron chi connectivity index (χ1n) is 7.20. The number of nitrogens with zero attached hydrogens (tertiary/aromatic N) is 3. The molecule has 0 saturated carbocycles. The van der Waals surface area contributed by atoms with Crippen molar-refractivity contribution in [3.8, 4) is 0 Å². The van der Waals surface area contributed by atoms with Gasteiger partial charge in [0.2, 0.25) is 0 Å². The summed E-state index contributed by atoms with van der Waals surface area (Å²) in [6.07, 6.45) is 7.24. The Morgan fingerprint density at radius 3 is 2.76 bits per heavy atom. The van der Waals surface area contributed by atoms with Crippen LogP contribution in [0.25, 0.3) is 0 Å². The highest BCUT2D eigenvalue weighted by atomic mass is 16.2. The molecule has 6 heteroatoms. The molecule has 2 rings (SSSR count). The summed E-state index contributed by atoms with van der Waals surface area (Å²) in [4.78, 5) is 16.0. The fourth-order valence-electron chi connectivity index (χ4n) is 2.01. The fourth-order valence-corrected chi connectivity index (χ4v) is 2.01. The van der Waals surface area contributed by atoms with Crippen molar-refractivity contribution < 1.29 is 4.79 Å². The van der Waals surface area contributed by atoms with E-state index in [1.807, 2.05) is 19.1 Å². The molecule has 2 aromatic heterocycles. The zero-order valence-corrected chi connectivity index (χ0v) is 12.4. The van der Waals surface area contributed by atoms with Gasteiger partial charge in [-0.05, 0) is 31.0 Å². The van der Waals surface area contributed by atoms with Gasteiger partial charge in [-0.25, -0.2) is 9.48 Å². The van der Waals surface area contributed by atoms with E-state index < -0.39 is 0 Å². The molecule has 0 aromatic carbocycles. The van der Waals surface area contributed by atoms with Crippen LogP contribution in [0.5, 0.6) is 0 Å². The molecular formula is C15H21N5O. The van der Waals surface area contributed by atoms with Gasteiger partial charge in [-0.3, -0.25) is 10.3 Å². The molecule has 0 unspecified atom stereocenters. The van der Waals surface area contributed by atoms with Gasteiger partial charge in [-0.1, -0.05) is 13.3 Å². The maximum absolute atomic E-state index is 12.0. The van der Waals surface area contributed by atoms with Crippen LogP contribution in [0.1, 0.15) is 38.3 Å². The van der Waals surface area contributed by atoms with E-state index in [1.165, 1.54) is 0 Å². The lowest BCUT2D eigenvalue weighted by atomic mass is 10.1. The van der Waals surface area contributed by atoms with Crippen LogP contribution in [0.15, 0.2) is 36.8 Å². The van der Waals surface area contributed by atoms with Gasteiger partial charge in [0.15, 0.2) is 0 Å². The Kier molecular flexibility index (Phi) is 5.31. The van der Waals surface area contributed by atoms with Crippen molar-refractivity contribution in [3.05, 3.63) is 42.4 Å². The summed E-state index contributed by atoms with van der Waals surface area (Å²) in [6, 6.07) is 5.25. The van der Waals surface area contributed by atoms with E-state index in [4.69, 9.17) is 0 Å². The molecule has 0 radical (unpaired) electrons. The molecule has 1 atom stereocenters. The normalized spacial score (nSPS) is 11.9. The highest BCUT2D eigenvalue weighted by Gasteiger charge is 2.11. The third kappa shape index (κ3) is 4.30. The van der Waals surface area contributed by atoms with Gasteiger partial charge in [0.1, 0.15) is 5.82 Å². The van der Waals surface area contributed by atoms with Gasteiger partial charge >= 0.3 is 6.03 Å². The van der Waals surface area contributed by atoms with Crippen molar-refractivity contribution in [2.24, 2.45) is 0 Å². The largest absolute Gasteiger partial charge is 0.331 e. The third-order valence-electron chi connectivity index (χ3n) is 3.24. The molecule has 0 aliphatic carbocycles. The van der Waals surface area contributed by atoms with Crippen LogP contribution in [0.4, 0.5) is 10.6 Å². The average Bonchev–Trinajstić information content (AvgIpc) is 2.93. The van der Waals surface area contributed by atoms with Crippen LogP contribution in [0, 0.1) is 0 Å². The number of hydrogen-bond acceptors (Lipinski definition) is 3. The number of rotatable bonds is 6. The summed E-state index contributed by atoms with van der Waals surface area (Å²) in [5.41, 5.74) is 1.01. The number of hydrogen-bond donors (Lipinski definition) is 2. The number of carbonyl (C=O) groups excluding carboxylic acids is 1. The second-order valence-corrected chi connectivity index (χ2v) is 4.89. The van der Waals surface area contributed by atoms with E-state index in [2.05, 4.69) is 27.6 Å². The van der Waals surface area contributed by atoms with Crippen molar-refractivity contribution in [3.63, 3.8) is 0 Å². The van der Waals surface area contributed by atoms with Crippen LogP contribution in [0.2, 0.25) is 0 Å². The molecular weight excluding hydrogens is 266 g/mol. The first kappa shape index (κ1) is 15.0. The minimum Gasteiger partial charge on any atom is -0.331 e. The van der Waals surface area contributed by atoms with E-state index in [9.17, 15) is 4.79 Å². The standard InChI is InChI=1S/C15H21N5O/c1-3-4-11-20-14(7-10-17-20)19-15(21)18-12(2)13-5-8-16-9-6-13/h5-10,12H,3-4,11H2,1-2H3,(H2,18,19,21)/t12-/m0/s1. The molecule has 0 spiro atoms. The van der Waals surface area contributed by atoms with E-state index in [1.54, 1.807) is 29.3 Å². The molecule has 21 heavy (non-hydrogen) atoms. The first-order valence-corrected chi connectivity index (χ1v) is 7.20. The van der Waals surface area contributed by atoms with Crippen LogP contribution in [-0.4, -0.2) is 20.8 Å². The number of nitrogens with one attached hydrogen (secondary N) is 2. The van der Waals surface area contributed by atoms with Crippen LogP contribution in [0.3, 0.4) is 0 Å². The molecule has 0 fully saturated rings. The monoisotopic (exact) mass is 287 g/mol. The molecule has 2 amide bonds. The van der Waals surface area contributed by atoms with E-state index in [0.717, 1.165) is 24.9 Å². The summed E-state index contributed by atoms with van der Waals surface area (Å²) >= 11 is 0. The number of pyridine rings is 1. The zero-order valence-electron chi connectivity index (χ0n) is 12.4. The summed E-state index contributed by atoms with van der Waals surface area (Å²) in [6.45, 7) is 4.86. The van der Waals surface area contributed by atoms with E-state index >= 15 is 0 Å². The maximum atomic E-state index is 12.0. The van der Waals surface area contributed by atoms with Gasteiger partial charge in [0, 0.05) is 25.0 Å². The quantitative estimate of drug-likeness (QED) is 0.858. The zero-order chi connectivity index (χ0) is 15.1. The lowest BCUT2D eigenvalue weighted by Gasteiger charge is -2.15. The Hall–Kier alpha value is -2.37. The van der Waals surface area contributed by atoms with Gasteiger partial charge in [-0.2, -0.15) is 5.10 Å². The lowest BCUT2D eigenvalue weighted by Crippen LogP contribution is -2.32. The number of unbranched alkanes of at least 4 members (excludes halogenated alkanes) is 1. The van der Waals surface area contributed by atoms with Crippen molar-refractivity contribution in [1.29, 1.82) is 0 Å². The molecule has 0 bridgehead atoms. The lowest BCUT2D eigenvalue weighted by molar-refractivity contribution is 0.249.